The van der Waals surface area contributed by atoms with E-state index in [0.717, 1.165) is 16.8 Å². The molecule has 0 bridgehead atoms. The molecule has 1 N–H and O–H groups in total. The number of benzene rings is 2. The number of amides is 1. The first-order valence-electron chi connectivity index (χ1n) is 6.05. The highest BCUT2D eigenvalue weighted by atomic mass is 19.1. The van der Waals surface area contributed by atoms with Gasteiger partial charge in [0.1, 0.15) is 23.6 Å². The highest BCUT2D eigenvalue weighted by Crippen LogP contribution is 2.49. The molecule has 1 spiro atoms. The summed E-state index contributed by atoms with van der Waals surface area (Å²) in [5, 5.41) is 2.87. The van der Waals surface area contributed by atoms with E-state index in [9.17, 15) is 9.18 Å². The Labute approximate surface area is 109 Å². The van der Waals surface area contributed by atoms with Crippen LogP contribution in [-0.2, 0) is 10.2 Å². The first kappa shape index (κ1) is 10.6. The molecule has 2 aromatic rings. The van der Waals surface area contributed by atoms with Crippen LogP contribution < -0.4 is 10.1 Å². The van der Waals surface area contributed by atoms with Crippen LogP contribution >= 0.6 is 0 Å². The van der Waals surface area contributed by atoms with Crippen molar-refractivity contribution < 1.29 is 13.9 Å². The van der Waals surface area contributed by atoms with E-state index in [4.69, 9.17) is 4.74 Å². The molecular formula is C15H10FNO2. The Hall–Kier alpha value is -2.36. The number of hydrogen-bond donors (Lipinski definition) is 1. The lowest BCUT2D eigenvalue weighted by Crippen LogP contribution is -2.37. The third-order valence-electron chi connectivity index (χ3n) is 3.87. The summed E-state index contributed by atoms with van der Waals surface area (Å²) in [6.45, 7) is 0.217. The molecule has 2 aromatic carbocycles. The quantitative estimate of drug-likeness (QED) is 0.785. The van der Waals surface area contributed by atoms with Crippen molar-refractivity contribution in [1.82, 2.24) is 0 Å². The number of halogens is 1. The predicted octanol–water partition coefficient (Wildman–Crippen LogP) is 2.46. The molecule has 2 heterocycles. The van der Waals surface area contributed by atoms with Gasteiger partial charge >= 0.3 is 0 Å². The number of fused-ring (bicyclic) bond motifs is 4. The van der Waals surface area contributed by atoms with E-state index in [-0.39, 0.29) is 18.3 Å². The van der Waals surface area contributed by atoms with Crippen LogP contribution in [0, 0.1) is 5.82 Å². The van der Waals surface area contributed by atoms with E-state index in [1.165, 1.54) is 12.1 Å². The van der Waals surface area contributed by atoms with Crippen molar-refractivity contribution >= 4 is 11.6 Å². The van der Waals surface area contributed by atoms with Gasteiger partial charge in [-0.2, -0.15) is 0 Å². The normalized spacial score (nSPS) is 22.9. The van der Waals surface area contributed by atoms with Gasteiger partial charge in [0, 0.05) is 17.3 Å². The van der Waals surface area contributed by atoms with Crippen molar-refractivity contribution in [3.63, 3.8) is 0 Å². The molecule has 4 heteroatoms. The van der Waals surface area contributed by atoms with E-state index in [0.29, 0.717) is 5.75 Å². The molecule has 4 rings (SSSR count). The summed E-state index contributed by atoms with van der Waals surface area (Å²) < 4.78 is 18.8. The fraction of sp³-hybridized carbons (Fsp3) is 0.133. The highest BCUT2D eigenvalue weighted by molar-refractivity contribution is 6.09. The third-order valence-corrected chi connectivity index (χ3v) is 3.87. The zero-order valence-electron chi connectivity index (χ0n) is 9.94. The highest BCUT2D eigenvalue weighted by Gasteiger charge is 2.53. The standard InChI is InChI=1S/C15H10FNO2/c16-9-5-6-11-13(7-9)19-8-15(11)10-3-1-2-4-12(10)17-14(15)18/h1-7H,8H2,(H,17,18). The molecule has 2 aliphatic rings. The van der Waals surface area contributed by atoms with Gasteiger partial charge < -0.3 is 10.1 Å². The van der Waals surface area contributed by atoms with Crippen LogP contribution in [0.15, 0.2) is 42.5 Å². The number of hydrogen-bond acceptors (Lipinski definition) is 2. The molecule has 1 atom stereocenters. The maximum Gasteiger partial charge on any atom is 0.243 e. The Morgan fingerprint density at radius 2 is 2.00 bits per heavy atom. The maximum atomic E-state index is 13.2. The molecule has 3 nitrogen and oxygen atoms in total. The Kier molecular flexibility index (Phi) is 1.86. The summed E-state index contributed by atoms with van der Waals surface area (Å²) in [6, 6.07) is 11.9. The first-order valence-corrected chi connectivity index (χ1v) is 6.05. The average molecular weight is 255 g/mol. The molecule has 0 saturated heterocycles. The van der Waals surface area contributed by atoms with Crippen molar-refractivity contribution in [3.8, 4) is 5.75 Å². The van der Waals surface area contributed by atoms with Crippen LogP contribution in [0.3, 0.4) is 0 Å². The van der Waals surface area contributed by atoms with E-state index in [1.54, 1.807) is 6.07 Å². The molecule has 0 aliphatic carbocycles. The van der Waals surface area contributed by atoms with E-state index < -0.39 is 5.41 Å². The third kappa shape index (κ3) is 1.18. The molecule has 94 valence electrons. The van der Waals surface area contributed by atoms with Crippen molar-refractivity contribution in [2.24, 2.45) is 0 Å². The minimum absolute atomic E-state index is 0.112. The van der Waals surface area contributed by atoms with Gasteiger partial charge in [0.15, 0.2) is 0 Å². The first-order chi connectivity index (χ1) is 9.22. The lowest BCUT2D eigenvalue weighted by molar-refractivity contribution is -0.119. The van der Waals surface area contributed by atoms with Gasteiger partial charge in [-0.3, -0.25) is 4.79 Å². The average Bonchev–Trinajstić information content (AvgIpc) is 2.91. The second kappa shape index (κ2) is 3.35. The van der Waals surface area contributed by atoms with Crippen molar-refractivity contribution in [2.45, 2.75) is 5.41 Å². The van der Waals surface area contributed by atoms with Crippen LogP contribution in [0.25, 0.3) is 0 Å². The van der Waals surface area contributed by atoms with Crippen LogP contribution in [-0.4, -0.2) is 12.5 Å². The fourth-order valence-electron chi connectivity index (χ4n) is 2.96. The maximum absolute atomic E-state index is 13.2. The van der Waals surface area contributed by atoms with Gasteiger partial charge in [0.05, 0.1) is 0 Å². The molecule has 19 heavy (non-hydrogen) atoms. The number of anilines is 1. The Bertz CT molecular complexity index is 713. The zero-order valence-corrected chi connectivity index (χ0v) is 9.94. The predicted molar refractivity (Wildman–Crippen MR) is 67.7 cm³/mol. The molecule has 1 amide bonds. The second-order valence-electron chi connectivity index (χ2n) is 4.83. The number of para-hydroxylation sites is 1. The Balaban J connectivity index is 2.01. The van der Waals surface area contributed by atoms with E-state index in [1.807, 2.05) is 24.3 Å². The van der Waals surface area contributed by atoms with E-state index in [2.05, 4.69) is 5.32 Å². The van der Waals surface area contributed by atoms with E-state index >= 15 is 0 Å². The van der Waals surface area contributed by atoms with Gasteiger partial charge in [0.25, 0.3) is 0 Å². The van der Waals surface area contributed by atoms with Gasteiger partial charge in [-0.25, -0.2) is 4.39 Å². The number of carbonyl (C=O) groups excluding carboxylic acids is 1. The van der Waals surface area contributed by atoms with Crippen LogP contribution in [0.2, 0.25) is 0 Å². The summed E-state index contributed by atoms with van der Waals surface area (Å²) in [6.07, 6.45) is 0. The Morgan fingerprint density at radius 1 is 1.16 bits per heavy atom. The second-order valence-corrected chi connectivity index (χ2v) is 4.83. The molecule has 0 radical (unpaired) electrons. The Morgan fingerprint density at radius 3 is 2.89 bits per heavy atom. The smallest absolute Gasteiger partial charge is 0.243 e. The molecule has 0 fully saturated rings. The fourth-order valence-corrected chi connectivity index (χ4v) is 2.96. The largest absolute Gasteiger partial charge is 0.491 e. The monoisotopic (exact) mass is 255 g/mol. The van der Waals surface area contributed by atoms with Gasteiger partial charge in [0.2, 0.25) is 5.91 Å². The van der Waals surface area contributed by atoms with Crippen LogP contribution in [0.1, 0.15) is 11.1 Å². The number of nitrogens with one attached hydrogen (secondary N) is 1. The van der Waals surface area contributed by atoms with Gasteiger partial charge in [-0.15, -0.1) is 0 Å². The minimum atomic E-state index is -0.834. The number of ether oxygens (including phenoxy) is 1. The minimum Gasteiger partial charge on any atom is -0.491 e. The van der Waals surface area contributed by atoms with Crippen molar-refractivity contribution in [3.05, 3.63) is 59.4 Å². The van der Waals surface area contributed by atoms with Gasteiger partial charge in [-0.1, -0.05) is 24.3 Å². The lowest BCUT2D eigenvalue weighted by Gasteiger charge is -2.19. The van der Waals surface area contributed by atoms with Crippen LogP contribution in [0.4, 0.5) is 10.1 Å². The number of carbonyl (C=O) groups is 1. The summed E-state index contributed by atoms with van der Waals surface area (Å²) in [4.78, 5) is 12.4. The molecular weight excluding hydrogens is 245 g/mol. The molecule has 0 saturated carbocycles. The topological polar surface area (TPSA) is 38.3 Å². The molecule has 1 unspecified atom stereocenters. The summed E-state index contributed by atoms with van der Waals surface area (Å²) in [5.41, 5.74) is 1.59. The SMILES string of the molecule is O=C1Nc2ccccc2C12COc1cc(F)ccc12. The van der Waals surface area contributed by atoms with Crippen molar-refractivity contribution in [2.75, 3.05) is 11.9 Å². The number of rotatable bonds is 0. The summed E-state index contributed by atoms with van der Waals surface area (Å²) in [7, 11) is 0. The van der Waals surface area contributed by atoms with Gasteiger partial charge in [-0.05, 0) is 17.7 Å². The summed E-state index contributed by atoms with van der Waals surface area (Å²) in [5.74, 6) is -0.0200. The summed E-state index contributed by atoms with van der Waals surface area (Å²) >= 11 is 0. The molecule has 2 aliphatic heterocycles. The zero-order chi connectivity index (χ0) is 13.0. The van der Waals surface area contributed by atoms with Crippen LogP contribution in [0.5, 0.6) is 5.75 Å². The lowest BCUT2D eigenvalue weighted by atomic mass is 9.77. The van der Waals surface area contributed by atoms with Crippen molar-refractivity contribution in [1.29, 1.82) is 0 Å². The molecule has 0 aromatic heterocycles.